The highest BCUT2D eigenvalue weighted by molar-refractivity contribution is 5.92. The third-order valence-corrected chi connectivity index (χ3v) is 4.26. The van der Waals surface area contributed by atoms with E-state index in [2.05, 4.69) is 15.4 Å². The van der Waals surface area contributed by atoms with E-state index in [0.717, 1.165) is 0 Å². The molecule has 1 aliphatic carbocycles. The zero-order chi connectivity index (χ0) is 17.2. The topological polar surface area (TPSA) is 59.8 Å². The lowest BCUT2D eigenvalue weighted by atomic mass is 9.80. The summed E-state index contributed by atoms with van der Waals surface area (Å²) < 4.78 is 40.1. The standard InChI is InChI=1S/C16H17F3N4O/c17-16(18,19)12-4-1-3-11(9-12)15(24)22-13-5-6-14(20-10-13)23-8-2-7-21-23/h2,5-8,10-12H,1,3-4,9H2,(H,22,24)/t11-,12-/m1/s1. The number of aromatic nitrogens is 3. The highest BCUT2D eigenvalue weighted by Crippen LogP contribution is 2.40. The summed E-state index contributed by atoms with van der Waals surface area (Å²) in [6.07, 6.45) is 1.46. The molecule has 0 saturated heterocycles. The van der Waals surface area contributed by atoms with Gasteiger partial charge < -0.3 is 5.32 Å². The summed E-state index contributed by atoms with van der Waals surface area (Å²) in [6, 6.07) is 5.10. The summed E-state index contributed by atoms with van der Waals surface area (Å²) in [5, 5.41) is 6.70. The van der Waals surface area contributed by atoms with Crippen LogP contribution in [0.15, 0.2) is 36.8 Å². The summed E-state index contributed by atoms with van der Waals surface area (Å²) in [5.41, 5.74) is 0.463. The maximum atomic E-state index is 12.8. The van der Waals surface area contributed by atoms with Crippen molar-refractivity contribution < 1.29 is 18.0 Å². The molecule has 1 N–H and O–H groups in total. The number of hydrogen-bond acceptors (Lipinski definition) is 3. The molecule has 1 saturated carbocycles. The van der Waals surface area contributed by atoms with Gasteiger partial charge in [-0.2, -0.15) is 18.3 Å². The molecule has 24 heavy (non-hydrogen) atoms. The van der Waals surface area contributed by atoms with E-state index in [9.17, 15) is 18.0 Å². The van der Waals surface area contributed by atoms with Gasteiger partial charge in [-0.3, -0.25) is 4.79 Å². The third-order valence-electron chi connectivity index (χ3n) is 4.26. The van der Waals surface area contributed by atoms with Crippen LogP contribution in [0.3, 0.4) is 0 Å². The molecule has 0 radical (unpaired) electrons. The molecule has 2 atom stereocenters. The van der Waals surface area contributed by atoms with Gasteiger partial charge in [-0.1, -0.05) is 6.42 Å². The van der Waals surface area contributed by atoms with Crippen LogP contribution in [0.2, 0.25) is 0 Å². The van der Waals surface area contributed by atoms with E-state index < -0.39 is 18.0 Å². The van der Waals surface area contributed by atoms with Crippen molar-refractivity contribution in [3.8, 4) is 5.82 Å². The Labute approximate surface area is 136 Å². The first kappa shape index (κ1) is 16.5. The Morgan fingerprint density at radius 1 is 1.29 bits per heavy atom. The van der Waals surface area contributed by atoms with Crippen molar-refractivity contribution >= 4 is 11.6 Å². The molecule has 1 fully saturated rings. The lowest BCUT2D eigenvalue weighted by molar-refractivity contribution is -0.185. The maximum absolute atomic E-state index is 12.8. The summed E-state index contributed by atoms with van der Waals surface area (Å²) in [4.78, 5) is 16.4. The summed E-state index contributed by atoms with van der Waals surface area (Å²) in [7, 11) is 0. The SMILES string of the molecule is O=C(Nc1ccc(-n2cccn2)nc1)[C@@H]1CCC[C@@H](C(F)(F)F)C1. The van der Waals surface area contributed by atoms with Crippen LogP contribution in [0.1, 0.15) is 25.7 Å². The van der Waals surface area contributed by atoms with Crippen molar-refractivity contribution in [2.45, 2.75) is 31.9 Å². The van der Waals surface area contributed by atoms with Crippen molar-refractivity contribution in [3.05, 3.63) is 36.8 Å². The number of carbonyl (C=O) groups excluding carboxylic acids is 1. The van der Waals surface area contributed by atoms with Gasteiger partial charge in [0.2, 0.25) is 5.91 Å². The Morgan fingerprint density at radius 2 is 2.12 bits per heavy atom. The Bertz CT molecular complexity index is 682. The molecule has 2 aromatic rings. The van der Waals surface area contributed by atoms with E-state index in [1.165, 1.54) is 6.20 Å². The molecule has 0 aliphatic heterocycles. The van der Waals surface area contributed by atoms with Crippen molar-refractivity contribution in [3.63, 3.8) is 0 Å². The third kappa shape index (κ3) is 3.74. The molecule has 1 aliphatic rings. The van der Waals surface area contributed by atoms with Gasteiger partial charge in [0.1, 0.15) is 0 Å². The number of nitrogens with one attached hydrogen (secondary N) is 1. The average Bonchev–Trinajstić information content (AvgIpc) is 3.09. The van der Waals surface area contributed by atoms with Crippen LogP contribution in [-0.2, 0) is 4.79 Å². The van der Waals surface area contributed by atoms with Gasteiger partial charge in [0.25, 0.3) is 0 Å². The number of halogens is 3. The van der Waals surface area contributed by atoms with E-state index in [1.807, 2.05) is 0 Å². The lowest BCUT2D eigenvalue weighted by Crippen LogP contribution is -2.34. The number of anilines is 1. The first-order valence-corrected chi connectivity index (χ1v) is 7.77. The molecular weight excluding hydrogens is 321 g/mol. The second kappa shape index (κ2) is 6.62. The molecule has 128 valence electrons. The number of hydrogen-bond donors (Lipinski definition) is 1. The largest absolute Gasteiger partial charge is 0.391 e. The van der Waals surface area contributed by atoms with Gasteiger partial charge in [-0.25, -0.2) is 9.67 Å². The van der Waals surface area contributed by atoms with E-state index in [1.54, 1.807) is 35.3 Å². The van der Waals surface area contributed by atoms with Crippen molar-refractivity contribution in [1.82, 2.24) is 14.8 Å². The molecule has 2 aromatic heterocycles. The Balaban J connectivity index is 1.62. The van der Waals surface area contributed by atoms with Crippen LogP contribution in [0, 0.1) is 11.8 Å². The quantitative estimate of drug-likeness (QED) is 0.931. The average molecular weight is 338 g/mol. The fraction of sp³-hybridized carbons (Fsp3) is 0.438. The maximum Gasteiger partial charge on any atom is 0.391 e. The lowest BCUT2D eigenvalue weighted by Gasteiger charge is -2.29. The molecule has 0 spiro atoms. The molecule has 5 nitrogen and oxygen atoms in total. The molecular formula is C16H17F3N4O. The molecule has 0 aromatic carbocycles. The zero-order valence-electron chi connectivity index (χ0n) is 12.8. The summed E-state index contributed by atoms with van der Waals surface area (Å²) in [6.45, 7) is 0. The first-order chi connectivity index (χ1) is 11.4. The second-order valence-corrected chi connectivity index (χ2v) is 5.95. The molecule has 0 unspecified atom stereocenters. The molecule has 8 heteroatoms. The predicted octanol–water partition coefficient (Wildman–Crippen LogP) is 3.57. The van der Waals surface area contributed by atoms with Crippen molar-refractivity contribution in [1.29, 1.82) is 0 Å². The van der Waals surface area contributed by atoms with Gasteiger partial charge >= 0.3 is 6.18 Å². The monoisotopic (exact) mass is 338 g/mol. The highest BCUT2D eigenvalue weighted by Gasteiger charge is 2.43. The van der Waals surface area contributed by atoms with Gasteiger partial charge in [-0.05, 0) is 37.5 Å². The van der Waals surface area contributed by atoms with E-state index in [-0.39, 0.29) is 18.7 Å². The molecule has 3 rings (SSSR count). The summed E-state index contributed by atoms with van der Waals surface area (Å²) >= 11 is 0. The van der Waals surface area contributed by atoms with E-state index >= 15 is 0 Å². The smallest absolute Gasteiger partial charge is 0.324 e. The van der Waals surface area contributed by atoms with Crippen molar-refractivity contribution in [2.75, 3.05) is 5.32 Å². The number of rotatable bonds is 3. The number of pyridine rings is 1. The molecule has 2 heterocycles. The van der Waals surface area contributed by atoms with Crippen LogP contribution < -0.4 is 5.32 Å². The minimum atomic E-state index is -4.23. The predicted molar refractivity (Wildman–Crippen MR) is 81.5 cm³/mol. The van der Waals surface area contributed by atoms with Crippen molar-refractivity contribution in [2.24, 2.45) is 11.8 Å². The number of carbonyl (C=O) groups is 1. The van der Waals surface area contributed by atoms with E-state index in [4.69, 9.17) is 0 Å². The van der Waals surface area contributed by atoms with Crippen LogP contribution in [0.4, 0.5) is 18.9 Å². The Kier molecular flexibility index (Phi) is 4.55. The van der Waals surface area contributed by atoms with Crippen LogP contribution in [0.25, 0.3) is 5.82 Å². The second-order valence-electron chi connectivity index (χ2n) is 5.95. The fourth-order valence-corrected chi connectivity index (χ4v) is 2.97. The van der Waals surface area contributed by atoms with Gasteiger partial charge in [0.15, 0.2) is 5.82 Å². The van der Waals surface area contributed by atoms with Crippen LogP contribution in [0.5, 0.6) is 0 Å². The number of nitrogens with zero attached hydrogens (tertiary/aromatic N) is 3. The van der Waals surface area contributed by atoms with Crippen LogP contribution >= 0.6 is 0 Å². The van der Waals surface area contributed by atoms with Gasteiger partial charge in [0.05, 0.1) is 17.8 Å². The van der Waals surface area contributed by atoms with Gasteiger partial charge in [0, 0.05) is 18.3 Å². The molecule has 1 amide bonds. The first-order valence-electron chi connectivity index (χ1n) is 7.77. The Morgan fingerprint density at radius 3 is 2.75 bits per heavy atom. The minimum absolute atomic E-state index is 0.105. The van der Waals surface area contributed by atoms with E-state index in [0.29, 0.717) is 24.3 Å². The number of alkyl halides is 3. The molecule has 0 bridgehead atoms. The Hall–Kier alpha value is -2.38. The zero-order valence-corrected chi connectivity index (χ0v) is 12.8. The summed E-state index contributed by atoms with van der Waals surface area (Å²) in [5.74, 6) is -1.79. The number of amides is 1. The van der Waals surface area contributed by atoms with Gasteiger partial charge in [-0.15, -0.1) is 0 Å². The highest BCUT2D eigenvalue weighted by atomic mass is 19.4. The fourth-order valence-electron chi connectivity index (χ4n) is 2.97. The van der Waals surface area contributed by atoms with Crippen LogP contribution in [-0.4, -0.2) is 26.8 Å². The normalized spacial score (nSPS) is 21.5. The minimum Gasteiger partial charge on any atom is -0.324 e.